The van der Waals surface area contributed by atoms with Crippen LogP contribution in [0.2, 0.25) is 0 Å². The van der Waals surface area contributed by atoms with Crippen LogP contribution >= 0.6 is 0 Å². The number of rotatable bonds is 1. The van der Waals surface area contributed by atoms with Gasteiger partial charge in [0.15, 0.2) is 6.29 Å². The van der Waals surface area contributed by atoms with Gasteiger partial charge < -0.3 is 14.2 Å². The molecule has 2 aliphatic rings. The van der Waals surface area contributed by atoms with Gasteiger partial charge in [-0.1, -0.05) is 0 Å². The fourth-order valence-electron chi connectivity index (χ4n) is 1.61. The van der Waals surface area contributed by atoms with E-state index in [4.69, 9.17) is 14.2 Å². The lowest BCUT2D eigenvalue weighted by molar-refractivity contribution is -0.146. The molecule has 0 unspecified atom stereocenters. The van der Waals surface area contributed by atoms with Gasteiger partial charge in [-0.3, -0.25) is 4.79 Å². The molecule has 62 valence electrons. The molecule has 0 saturated carbocycles. The summed E-state index contributed by atoms with van der Waals surface area (Å²) in [6.45, 7) is 0.481. The molecule has 0 radical (unpaired) electrons. The lowest BCUT2D eigenvalue weighted by Gasteiger charge is -2.11. The Kier molecular flexibility index (Phi) is 1.58. The van der Waals surface area contributed by atoms with E-state index >= 15 is 0 Å². The number of ether oxygens (including phenoxy) is 3. The highest BCUT2D eigenvalue weighted by Crippen LogP contribution is 2.33. The van der Waals surface area contributed by atoms with Crippen LogP contribution in [0.1, 0.15) is 6.42 Å². The molecule has 4 nitrogen and oxygen atoms in total. The van der Waals surface area contributed by atoms with Gasteiger partial charge >= 0.3 is 5.97 Å². The number of hydrogen-bond acceptors (Lipinski definition) is 4. The third-order valence-electron chi connectivity index (χ3n) is 2.17. The van der Waals surface area contributed by atoms with E-state index in [9.17, 15) is 4.79 Å². The monoisotopic (exact) mass is 158 g/mol. The largest absolute Gasteiger partial charge is 0.459 e. The van der Waals surface area contributed by atoms with Crippen molar-refractivity contribution in [3.8, 4) is 0 Å². The number of methoxy groups -OCH3 is 1. The summed E-state index contributed by atoms with van der Waals surface area (Å²) in [4.78, 5) is 10.8. The number of carbonyl (C=O) groups excluding carboxylic acids is 1. The van der Waals surface area contributed by atoms with Gasteiger partial charge in [0.2, 0.25) is 0 Å². The fraction of sp³-hybridized carbons (Fsp3) is 0.857. The number of fused-ring (bicyclic) bond motifs is 1. The van der Waals surface area contributed by atoms with E-state index < -0.39 is 0 Å². The molecule has 4 heteroatoms. The van der Waals surface area contributed by atoms with E-state index in [0.29, 0.717) is 13.0 Å². The third-order valence-corrected chi connectivity index (χ3v) is 2.17. The van der Waals surface area contributed by atoms with E-state index in [0.717, 1.165) is 0 Å². The van der Waals surface area contributed by atoms with Gasteiger partial charge in [-0.15, -0.1) is 0 Å². The molecule has 0 aliphatic carbocycles. The second-order valence-corrected chi connectivity index (χ2v) is 2.83. The molecule has 11 heavy (non-hydrogen) atoms. The number of hydrogen-bond donors (Lipinski definition) is 0. The second-order valence-electron chi connectivity index (χ2n) is 2.83. The molecule has 2 heterocycles. The summed E-state index contributed by atoms with van der Waals surface area (Å²) in [5.41, 5.74) is 0. The first-order chi connectivity index (χ1) is 5.31. The van der Waals surface area contributed by atoms with E-state index in [1.54, 1.807) is 7.11 Å². The highest BCUT2D eigenvalue weighted by Gasteiger charge is 2.46. The quantitative estimate of drug-likeness (QED) is 0.501. The minimum absolute atomic E-state index is 0.0625. The number of esters is 1. The summed E-state index contributed by atoms with van der Waals surface area (Å²) in [6, 6.07) is 0. The predicted octanol–water partition coefficient (Wildman–Crippen LogP) is -0.0792. The van der Waals surface area contributed by atoms with Gasteiger partial charge in [-0.25, -0.2) is 0 Å². The maximum Gasteiger partial charge on any atom is 0.306 e. The van der Waals surface area contributed by atoms with Crippen LogP contribution in [0.15, 0.2) is 0 Å². The molecular formula is C7H10O4. The molecule has 0 N–H and O–H groups in total. The molecule has 3 atom stereocenters. The molecule has 0 aromatic heterocycles. The maximum atomic E-state index is 10.8. The van der Waals surface area contributed by atoms with Crippen LogP contribution in [0, 0.1) is 5.92 Å². The molecular weight excluding hydrogens is 148 g/mol. The van der Waals surface area contributed by atoms with Crippen LogP contribution in [0.4, 0.5) is 0 Å². The highest BCUT2D eigenvalue weighted by atomic mass is 16.7. The normalized spacial score (nSPS) is 42.3. The van der Waals surface area contributed by atoms with Crippen molar-refractivity contribution in [1.82, 2.24) is 0 Å². The van der Waals surface area contributed by atoms with Gasteiger partial charge in [0, 0.05) is 7.11 Å². The Morgan fingerprint density at radius 3 is 3.18 bits per heavy atom. The molecule has 2 aliphatic heterocycles. The summed E-state index contributed by atoms with van der Waals surface area (Å²) in [5, 5.41) is 0. The lowest BCUT2D eigenvalue weighted by atomic mass is 10.0. The molecule has 2 saturated heterocycles. The van der Waals surface area contributed by atoms with Crippen molar-refractivity contribution in [3.63, 3.8) is 0 Å². The molecule has 0 aromatic carbocycles. The van der Waals surface area contributed by atoms with Crippen LogP contribution < -0.4 is 0 Å². The first-order valence-corrected chi connectivity index (χ1v) is 3.65. The van der Waals surface area contributed by atoms with E-state index in [-0.39, 0.29) is 24.3 Å². The minimum Gasteiger partial charge on any atom is -0.459 e. The molecule has 0 bridgehead atoms. The van der Waals surface area contributed by atoms with Crippen molar-refractivity contribution >= 4 is 5.97 Å². The average molecular weight is 158 g/mol. The van der Waals surface area contributed by atoms with Gasteiger partial charge in [0.1, 0.15) is 6.10 Å². The van der Waals surface area contributed by atoms with Crippen molar-refractivity contribution in [2.45, 2.75) is 18.8 Å². The molecule has 2 rings (SSSR count). The number of carbonyl (C=O) groups is 1. The topological polar surface area (TPSA) is 44.8 Å². The van der Waals surface area contributed by atoms with Crippen molar-refractivity contribution < 1.29 is 19.0 Å². The van der Waals surface area contributed by atoms with Crippen LogP contribution in [0.25, 0.3) is 0 Å². The molecule has 0 amide bonds. The third kappa shape index (κ3) is 1.02. The first kappa shape index (κ1) is 7.06. The predicted molar refractivity (Wildman–Crippen MR) is 34.7 cm³/mol. The summed E-state index contributed by atoms with van der Waals surface area (Å²) in [6.07, 6.45) is 0.127. The fourth-order valence-corrected chi connectivity index (χ4v) is 1.61. The maximum absolute atomic E-state index is 10.8. The van der Waals surface area contributed by atoms with Crippen molar-refractivity contribution in [1.29, 1.82) is 0 Å². The first-order valence-electron chi connectivity index (χ1n) is 3.65. The van der Waals surface area contributed by atoms with Gasteiger partial charge in [0.25, 0.3) is 0 Å². The lowest BCUT2D eigenvalue weighted by Crippen LogP contribution is -2.20. The summed E-state index contributed by atoms with van der Waals surface area (Å²) >= 11 is 0. The Bertz CT molecular complexity index is 179. The van der Waals surface area contributed by atoms with Crippen LogP contribution in [0.3, 0.4) is 0 Å². The Morgan fingerprint density at radius 2 is 2.45 bits per heavy atom. The Hall–Kier alpha value is -0.610. The van der Waals surface area contributed by atoms with E-state index in [1.807, 2.05) is 0 Å². The zero-order chi connectivity index (χ0) is 7.84. The minimum atomic E-state index is -0.244. The zero-order valence-electron chi connectivity index (χ0n) is 6.28. The smallest absolute Gasteiger partial charge is 0.306 e. The summed E-state index contributed by atoms with van der Waals surface area (Å²) < 4.78 is 15.2. The van der Waals surface area contributed by atoms with Gasteiger partial charge in [-0.05, 0) is 0 Å². The molecule has 0 spiro atoms. The van der Waals surface area contributed by atoms with Crippen LogP contribution in [0.5, 0.6) is 0 Å². The summed E-state index contributed by atoms with van der Waals surface area (Å²) in [7, 11) is 1.58. The Labute approximate surface area is 64.4 Å². The summed E-state index contributed by atoms with van der Waals surface area (Å²) in [5.74, 6) is -0.0159. The SMILES string of the molecule is CO[C@H]1OC[C@H]2OC(=O)C[C@H]12. The van der Waals surface area contributed by atoms with Crippen molar-refractivity contribution in [2.24, 2.45) is 5.92 Å². The Morgan fingerprint density at radius 1 is 1.64 bits per heavy atom. The Balaban J connectivity index is 2.07. The van der Waals surface area contributed by atoms with Gasteiger partial charge in [0.05, 0.1) is 18.9 Å². The molecule has 0 aromatic rings. The van der Waals surface area contributed by atoms with Crippen LogP contribution in [-0.4, -0.2) is 32.1 Å². The van der Waals surface area contributed by atoms with E-state index in [2.05, 4.69) is 0 Å². The van der Waals surface area contributed by atoms with Gasteiger partial charge in [-0.2, -0.15) is 0 Å². The second kappa shape index (κ2) is 2.46. The highest BCUT2D eigenvalue weighted by molar-refractivity contribution is 5.72. The van der Waals surface area contributed by atoms with Crippen molar-refractivity contribution in [3.05, 3.63) is 0 Å². The standard InChI is InChI=1S/C7H10O4/c1-9-7-4-2-6(8)11-5(4)3-10-7/h4-5,7H,2-3H2,1H3/t4-,5+,7-/m0/s1. The van der Waals surface area contributed by atoms with Crippen molar-refractivity contribution in [2.75, 3.05) is 13.7 Å². The van der Waals surface area contributed by atoms with Crippen LogP contribution in [-0.2, 0) is 19.0 Å². The zero-order valence-corrected chi connectivity index (χ0v) is 6.28. The molecule has 2 fully saturated rings. The average Bonchev–Trinajstić information content (AvgIpc) is 2.45. The van der Waals surface area contributed by atoms with E-state index in [1.165, 1.54) is 0 Å².